The second kappa shape index (κ2) is 10.0. The first-order chi connectivity index (χ1) is 10.7. The molecule has 1 aliphatic rings. The van der Waals surface area contributed by atoms with Crippen molar-refractivity contribution in [3.05, 3.63) is 0 Å². The molecule has 140 valence electrons. The van der Waals surface area contributed by atoms with Gasteiger partial charge in [0, 0.05) is 25.2 Å². The highest BCUT2D eigenvalue weighted by Crippen LogP contribution is 2.24. The van der Waals surface area contributed by atoms with Crippen molar-refractivity contribution in [2.45, 2.75) is 40.2 Å². The molecule has 2 N–H and O–H groups in total. The summed E-state index contributed by atoms with van der Waals surface area (Å²) in [6.07, 6.45) is 0. The van der Waals surface area contributed by atoms with E-state index in [2.05, 4.69) is 15.6 Å². The van der Waals surface area contributed by atoms with Crippen LogP contribution in [0.4, 0.5) is 0 Å². The fourth-order valence-electron chi connectivity index (χ4n) is 2.63. The van der Waals surface area contributed by atoms with Gasteiger partial charge in [-0.3, -0.25) is 9.59 Å². The molecule has 0 aliphatic carbocycles. The van der Waals surface area contributed by atoms with Crippen LogP contribution in [0, 0.1) is 11.8 Å². The van der Waals surface area contributed by atoms with Gasteiger partial charge < -0.3 is 20.3 Å². The predicted molar refractivity (Wildman–Crippen MR) is 106 cm³/mol. The Morgan fingerprint density at radius 3 is 2.42 bits per heavy atom. The van der Waals surface area contributed by atoms with Crippen molar-refractivity contribution in [2.24, 2.45) is 16.8 Å². The minimum Gasteiger partial charge on any atom is -0.469 e. The Bertz CT molecular complexity index is 463. The zero-order chi connectivity index (χ0) is 17.6. The summed E-state index contributed by atoms with van der Waals surface area (Å²) in [4.78, 5) is 30.1. The van der Waals surface area contributed by atoms with Gasteiger partial charge in [0.25, 0.3) is 0 Å². The largest absolute Gasteiger partial charge is 0.469 e. The van der Waals surface area contributed by atoms with Gasteiger partial charge in [0.2, 0.25) is 5.91 Å². The van der Waals surface area contributed by atoms with E-state index in [1.807, 2.05) is 39.5 Å². The standard InChI is InChI=1S/C16H30N4O3.HI/c1-7-17-15(18-8-13(21)19-16(3,4)5)20-9-11(2)12(10-20)14(22)23-6;/h11-12H,7-10H2,1-6H3,(H,17,18)(H,19,21);1H. The summed E-state index contributed by atoms with van der Waals surface area (Å²) in [6.45, 7) is 11.8. The smallest absolute Gasteiger partial charge is 0.310 e. The number of ether oxygens (including phenoxy) is 1. The molecular formula is C16H31IN4O3. The molecule has 2 unspecified atom stereocenters. The van der Waals surface area contributed by atoms with Crippen LogP contribution in [-0.4, -0.2) is 61.6 Å². The highest BCUT2D eigenvalue weighted by molar-refractivity contribution is 14.0. The Morgan fingerprint density at radius 2 is 1.92 bits per heavy atom. The van der Waals surface area contributed by atoms with E-state index in [1.54, 1.807) is 0 Å². The highest BCUT2D eigenvalue weighted by atomic mass is 127. The number of hydrogen-bond acceptors (Lipinski definition) is 4. The van der Waals surface area contributed by atoms with Gasteiger partial charge in [-0.25, -0.2) is 4.99 Å². The second-order valence-corrected chi connectivity index (χ2v) is 6.98. The summed E-state index contributed by atoms with van der Waals surface area (Å²) < 4.78 is 4.86. The Hall–Kier alpha value is -1.06. The third kappa shape index (κ3) is 7.23. The lowest BCUT2D eigenvalue weighted by molar-refractivity contribution is -0.146. The Labute approximate surface area is 162 Å². The molecule has 0 aromatic carbocycles. The molecule has 1 rings (SSSR count). The highest BCUT2D eigenvalue weighted by Gasteiger charge is 2.36. The van der Waals surface area contributed by atoms with Crippen LogP contribution in [0.25, 0.3) is 0 Å². The molecule has 1 heterocycles. The van der Waals surface area contributed by atoms with Crippen LogP contribution in [0.2, 0.25) is 0 Å². The molecule has 0 spiro atoms. The first kappa shape index (κ1) is 22.9. The van der Waals surface area contributed by atoms with E-state index >= 15 is 0 Å². The van der Waals surface area contributed by atoms with Crippen LogP contribution in [0.1, 0.15) is 34.6 Å². The van der Waals surface area contributed by atoms with E-state index in [4.69, 9.17) is 4.74 Å². The molecule has 1 amide bonds. The number of rotatable bonds is 4. The van der Waals surface area contributed by atoms with E-state index in [0.717, 1.165) is 0 Å². The molecule has 0 saturated carbocycles. The predicted octanol–water partition coefficient (Wildman–Crippen LogP) is 1.23. The van der Waals surface area contributed by atoms with Crippen LogP contribution >= 0.6 is 24.0 Å². The molecule has 1 fully saturated rings. The molecule has 1 aliphatic heterocycles. The first-order valence-electron chi connectivity index (χ1n) is 8.10. The van der Waals surface area contributed by atoms with Crippen molar-refractivity contribution >= 4 is 41.8 Å². The van der Waals surface area contributed by atoms with E-state index < -0.39 is 0 Å². The zero-order valence-corrected chi connectivity index (χ0v) is 17.8. The fraction of sp³-hybridized carbons (Fsp3) is 0.812. The number of amides is 1. The normalized spacial score (nSPS) is 21.1. The van der Waals surface area contributed by atoms with Crippen molar-refractivity contribution in [3.8, 4) is 0 Å². The topological polar surface area (TPSA) is 83.0 Å². The van der Waals surface area contributed by atoms with Gasteiger partial charge in [-0.05, 0) is 33.6 Å². The number of aliphatic imine (C=N–C) groups is 1. The summed E-state index contributed by atoms with van der Waals surface area (Å²) in [5, 5.41) is 6.07. The maximum atomic E-state index is 11.9. The number of carbonyl (C=O) groups excluding carboxylic acids is 2. The zero-order valence-electron chi connectivity index (χ0n) is 15.5. The lowest BCUT2D eigenvalue weighted by Gasteiger charge is -2.22. The number of nitrogens with one attached hydrogen (secondary N) is 2. The van der Waals surface area contributed by atoms with E-state index in [0.29, 0.717) is 25.6 Å². The van der Waals surface area contributed by atoms with Crippen LogP contribution in [0.3, 0.4) is 0 Å². The van der Waals surface area contributed by atoms with Gasteiger partial charge in [0.1, 0.15) is 6.54 Å². The Balaban J connectivity index is 0.00000529. The van der Waals surface area contributed by atoms with Crippen molar-refractivity contribution in [3.63, 3.8) is 0 Å². The summed E-state index contributed by atoms with van der Waals surface area (Å²) in [5.41, 5.74) is -0.275. The number of esters is 1. The van der Waals surface area contributed by atoms with Gasteiger partial charge in [0.15, 0.2) is 5.96 Å². The second-order valence-electron chi connectivity index (χ2n) is 6.98. The van der Waals surface area contributed by atoms with Crippen LogP contribution in [0.5, 0.6) is 0 Å². The van der Waals surface area contributed by atoms with Crippen molar-refractivity contribution in [1.29, 1.82) is 0 Å². The number of nitrogens with zero attached hydrogens (tertiary/aromatic N) is 2. The summed E-state index contributed by atoms with van der Waals surface area (Å²) in [7, 11) is 1.41. The Morgan fingerprint density at radius 1 is 1.29 bits per heavy atom. The molecule has 0 bridgehead atoms. The SMILES string of the molecule is CCNC(=NCC(=O)NC(C)(C)C)N1CC(C)C(C(=O)OC)C1.I. The van der Waals surface area contributed by atoms with Gasteiger partial charge >= 0.3 is 5.97 Å². The molecule has 24 heavy (non-hydrogen) atoms. The van der Waals surface area contributed by atoms with Crippen LogP contribution in [0.15, 0.2) is 4.99 Å². The third-order valence-electron chi connectivity index (χ3n) is 3.64. The third-order valence-corrected chi connectivity index (χ3v) is 3.64. The van der Waals surface area contributed by atoms with Crippen molar-refractivity contribution in [1.82, 2.24) is 15.5 Å². The number of halogens is 1. The molecule has 1 saturated heterocycles. The van der Waals surface area contributed by atoms with E-state index in [-0.39, 0.29) is 59.8 Å². The van der Waals surface area contributed by atoms with Crippen LogP contribution in [-0.2, 0) is 14.3 Å². The number of hydrogen-bond donors (Lipinski definition) is 2. The first-order valence-corrected chi connectivity index (χ1v) is 8.10. The fourth-order valence-corrected chi connectivity index (χ4v) is 2.63. The molecule has 7 nitrogen and oxygen atoms in total. The summed E-state index contributed by atoms with van der Waals surface area (Å²) >= 11 is 0. The monoisotopic (exact) mass is 454 g/mol. The molecule has 2 atom stereocenters. The van der Waals surface area contributed by atoms with Gasteiger partial charge in [-0.1, -0.05) is 6.92 Å². The minimum absolute atomic E-state index is 0. The average molecular weight is 454 g/mol. The number of guanidine groups is 1. The summed E-state index contributed by atoms with van der Waals surface area (Å²) in [5.74, 6) is 0.378. The van der Waals surface area contributed by atoms with Crippen molar-refractivity contribution < 1.29 is 14.3 Å². The lowest BCUT2D eigenvalue weighted by atomic mass is 9.99. The maximum Gasteiger partial charge on any atom is 0.310 e. The molecule has 0 aromatic rings. The maximum absolute atomic E-state index is 11.9. The molecule has 0 aromatic heterocycles. The average Bonchev–Trinajstić information content (AvgIpc) is 2.82. The lowest BCUT2D eigenvalue weighted by Crippen LogP contribution is -2.44. The van der Waals surface area contributed by atoms with Gasteiger partial charge in [-0.2, -0.15) is 0 Å². The van der Waals surface area contributed by atoms with Crippen molar-refractivity contribution in [2.75, 3.05) is 33.3 Å². The minimum atomic E-state index is -0.275. The number of methoxy groups -OCH3 is 1. The molecule has 0 radical (unpaired) electrons. The number of carbonyl (C=O) groups is 2. The summed E-state index contributed by atoms with van der Waals surface area (Å²) in [6, 6.07) is 0. The van der Waals surface area contributed by atoms with Gasteiger partial charge in [-0.15, -0.1) is 24.0 Å². The van der Waals surface area contributed by atoms with E-state index in [1.165, 1.54) is 7.11 Å². The number of likely N-dealkylation sites (tertiary alicyclic amines) is 1. The molecule has 8 heteroatoms. The van der Waals surface area contributed by atoms with Crippen LogP contribution < -0.4 is 10.6 Å². The Kier molecular flexibility index (Phi) is 9.61. The van der Waals surface area contributed by atoms with Gasteiger partial charge in [0.05, 0.1) is 13.0 Å². The molecular weight excluding hydrogens is 423 g/mol. The van der Waals surface area contributed by atoms with E-state index in [9.17, 15) is 9.59 Å². The quantitative estimate of drug-likeness (QED) is 0.289.